The van der Waals surface area contributed by atoms with Crippen LogP contribution in [0.2, 0.25) is 0 Å². The zero-order chi connectivity index (χ0) is 9.26. The van der Waals surface area contributed by atoms with Crippen molar-refractivity contribution in [3.05, 3.63) is 41.8 Å². The SMILES string of the molecule is N#Cc1ccc2cccc(F)c2n1. The first kappa shape index (κ1) is 7.69. The summed E-state index contributed by atoms with van der Waals surface area (Å²) >= 11 is 0. The number of nitrogens with zero attached hydrogens (tertiary/aromatic N) is 2. The van der Waals surface area contributed by atoms with Gasteiger partial charge in [-0.15, -0.1) is 0 Å². The quantitative estimate of drug-likeness (QED) is 0.611. The van der Waals surface area contributed by atoms with Crippen LogP contribution in [0.15, 0.2) is 30.3 Å². The molecule has 0 aliphatic heterocycles. The molecular formula is C10H5FN2. The fourth-order valence-corrected chi connectivity index (χ4v) is 1.17. The standard InChI is InChI=1S/C10H5FN2/c11-9-3-1-2-7-4-5-8(6-12)13-10(7)9/h1-5H. The van der Waals surface area contributed by atoms with E-state index in [1.807, 2.05) is 6.07 Å². The first-order valence-corrected chi connectivity index (χ1v) is 3.76. The van der Waals surface area contributed by atoms with Crippen molar-refractivity contribution in [2.45, 2.75) is 0 Å². The monoisotopic (exact) mass is 172 g/mol. The van der Waals surface area contributed by atoms with E-state index in [4.69, 9.17) is 5.26 Å². The first-order chi connectivity index (χ1) is 6.31. The van der Waals surface area contributed by atoms with Gasteiger partial charge in [0.1, 0.15) is 23.1 Å². The number of aromatic nitrogens is 1. The van der Waals surface area contributed by atoms with E-state index in [1.54, 1.807) is 24.3 Å². The fraction of sp³-hybridized carbons (Fsp3) is 0. The number of hydrogen-bond acceptors (Lipinski definition) is 2. The van der Waals surface area contributed by atoms with Crippen LogP contribution in [0.4, 0.5) is 4.39 Å². The van der Waals surface area contributed by atoms with Gasteiger partial charge in [0, 0.05) is 5.39 Å². The van der Waals surface area contributed by atoms with E-state index in [0.29, 0.717) is 5.39 Å². The van der Waals surface area contributed by atoms with E-state index in [1.165, 1.54) is 6.07 Å². The topological polar surface area (TPSA) is 36.7 Å². The average molecular weight is 172 g/mol. The van der Waals surface area contributed by atoms with Gasteiger partial charge in [0.25, 0.3) is 0 Å². The van der Waals surface area contributed by atoms with Gasteiger partial charge in [-0.2, -0.15) is 5.26 Å². The van der Waals surface area contributed by atoms with Crippen LogP contribution in [0.1, 0.15) is 5.69 Å². The van der Waals surface area contributed by atoms with Gasteiger partial charge in [0.2, 0.25) is 0 Å². The summed E-state index contributed by atoms with van der Waals surface area (Å²) in [5, 5.41) is 9.26. The Morgan fingerprint density at radius 3 is 2.85 bits per heavy atom. The minimum absolute atomic E-state index is 0.234. The summed E-state index contributed by atoms with van der Waals surface area (Å²) in [7, 11) is 0. The molecule has 0 unspecified atom stereocenters. The third-order valence-electron chi connectivity index (χ3n) is 1.79. The molecule has 3 heteroatoms. The van der Waals surface area contributed by atoms with E-state index in [2.05, 4.69) is 4.98 Å². The molecule has 13 heavy (non-hydrogen) atoms. The molecule has 0 saturated heterocycles. The van der Waals surface area contributed by atoms with Crippen molar-refractivity contribution in [3.8, 4) is 6.07 Å². The summed E-state index contributed by atoms with van der Waals surface area (Å²) in [6.45, 7) is 0. The zero-order valence-corrected chi connectivity index (χ0v) is 6.66. The Kier molecular flexibility index (Phi) is 1.67. The Bertz CT molecular complexity index is 500. The van der Waals surface area contributed by atoms with Crippen molar-refractivity contribution in [1.29, 1.82) is 5.26 Å². The molecule has 0 spiro atoms. The van der Waals surface area contributed by atoms with Crippen LogP contribution in [-0.4, -0.2) is 4.98 Å². The molecule has 0 radical (unpaired) electrons. The second kappa shape index (κ2) is 2.83. The van der Waals surface area contributed by atoms with Crippen molar-refractivity contribution in [3.63, 3.8) is 0 Å². The molecule has 2 aromatic rings. The molecule has 2 rings (SSSR count). The summed E-state index contributed by atoms with van der Waals surface area (Å²) < 4.78 is 13.1. The molecule has 1 aromatic carbocycles. The van der Waals surface area contributed by atoms with Crippen LogP contribution in [0.25, 0.3) is 10.9 Å². The average Bonchev–Trinajstić information content (AvgIpc) is 2.18. The summed E-state index contributed by atoms with van der Waals surface area (Å²) in [5.41, 5.74) is 0.485. The smallest absolute Gasteiger partial charge is 0.149 e. The number of para-hydroxylation sites is 1. The van der Waals surface area contributed by atoms with Crippen molar-refractivity contribution in [2.24, 2.45) is 0 Å². The lowest BCUT2D eigenvalue weighted by atomic mass is 10.2. The highest BCUT2D eigenvalue weighted by Crippen LogP contribution is 2.15. The van der Waals surface area contributed by atoms with Gasteiger partial charge in [0.05, 0.1) is 0 Å². The molecule has 2 nitrogen and oxygen atoms in total. The van der Waals surface area contributed by atoms with Gasteiger partial charge >= 0.3 is 0 Å². The zero-order valence-electron chi connectivity index (χ0n) is 6.66. The minimum Gasteiger partial charge on any atom is -0.234 e. The van der Waals surface area contributed by atoms with Crippen molar-refractivity contribution in [1.82, 2.24) is 4.98 Å². The highest BCUT2D eigenvalue weighted by atomic mass is 19.1. The Morgan fingerprint density at radius 1 is 1.23 bits per heavy atom. The van der Waals surface area contributed by atoms with Gasteiger partial charge in [-0.25, -0.2) is 9.37 Å². The maximum atomic E-state index is 13.1. The molecule has 1 aromatic heterocycles. The van der Waals surface area contributed by atoms with Gasteiger partial charge in [0.15, 0.2) is 0 Å². The van der Waals surface area contributed by atoms with Crippen LogP contribution in [0, 0.1) is 17.1 Å². The highest BCUT2D eigenvalue weighted by Gasteiger charge is 2.01. The van der Waals surface area contributed by atoms with Crippen molar-refractivity contribution in [2.75, 3.05) is 0 Å². The number of hydrogen-bond donors (Lipinski definition) is 0. The lowest BCUT2D eigenvalue weighted by Crippen LogP contribution is -1.87. The predicted molar refractivity (Wildman–Crippen MR) is 46.4 cm³/mol. The molecule has 0 atom stereocenters. The van der Waals surface area contributed by atoms with E-state index in [0.717, 1.165) is 0 Å². The first-order valence-electron chi connectivity index (χ1n) is 3.76. The third kappa shape index (κ3) is 1.23. The number of benzene rings is 1. The molecular weight excluding hydrogens is 167 g/mol. The summed E-state index contributed by atoms with van der Waals surface area (Å²) in [4.78, 5) is 3.86. The number of halogens is 1. The molecule has 0 bridgehead atoms. The molecule has 62 valence electrons. The van der Waals surface area contributed by atoms with E-state index >= 15 is 0 Å². The van der Waals surface area contributed by atoms with Crippen LogP contribution in [0.3, 0.4) is 0 Å². The van der Waals surface area contributed by atoms with E-state index in [-0.39, 0.29) is 11.2 Å². The number of nitriles is 1. The Hall–Kier alpha value is -1.95. The molecule has 0 N–H and O–H groups in total. The fourth-order valence-electron chi connectivity index (χ4n) is 1.17. The number of rotatable bonds is 0. The van der Waals surface area contributed by atoms with Crippen LogP contribution in [-0.2, 0) is 0 Å². The van der Waals surface area contributed by atoms with E-state index in [9.17, 15) is 4.39 Å². The maximum absolute atomic E-state index is 13.1. The third-order valence-corrected chi connectivity index (χ3v) is 1.79. The van der Waals surface area contributed by atoms with E-state index < -0.39 is 5.82 Å². The Morgan fingerprint density at radius 2 is 2.08 bits per heavy atom. The number of fused-ring (bicyclic) bond motifs is 1. The van der Waals surface area contributed by atoms with Gasteiger partial charge < -0.3 is 0 Å². The molecule has 1 heterocycles. The Balaban J connectivity index is 2.84. The van der Waals surface area contributed by atoms with Crippen LogP contribution < -0.4 is 0 Å². The predicted octanol–water partition coefficient (Wildman–Crippen LogP) is 2.25. The normalized spacial score (nSPS) is 9.85. The lowest BCUT2D eigenvalue weighted by Gasteiger charge is -1.97. The molecule has 0 aliphatic carbocycles. The minimum atomic E-state index is -0.394. The second-order valence-corrected chi connectivity index (χ2v) is 2.62. The van der Waals surface area contributed by atoms with Gasteiger partial charge in [-0.3, -0.25) is 0 Å². The molecule has 0 fully saturated rings. The maximum Gasteiger partial charge on any atom is 0.149 e. The number of pyridine rings is 1. The lowest BCUT2D eigenvalue weighted by molar-refractivity contribution is 0.636. The second-order valence-electron chi connectivity index (χ2n) is 2.62. The van der Waals surface area contributed by atoms with Crippen molar-refractivity contribution < 1.29 is 4.39 Å². The molecule has 0 saturated carbocycles. The van der Waals surface area contributed by atoms with Gasteiger partial charge in [-0.05, 0) is 18.2 Å². The summed E-state index contributed by atoms with van der Waals surface area (Å²) in [6.07, 6.45) is 0. The largest absolute Gasteiger partial charge is 0.234 e. The molecule has 0 amide bonds. The summed E-state index contributed by atoms with van der Waals surface area (Å²) in [6, 6.07) is 9.83. The summed E-state index contributed by atoms with van der Waals surface area (Å²) in [5.74, 6) is -0.394. The van der Waals surface area contributed by atoms with Crippen LogP contribution in [0.5, 0.6) is 0 Å². The van der Waals surface area contributed by atoms with Crippen LogP contribution >= 0.6 is 0 Å². The molecule has 0 aliphatic rings. The van der Waals surface area contributed by atoms with Gasteiger partial charge in [-0.1, -0.05) is 12.1 Å². The Labute approximate surface area is 74.3 Å². The highest BCUT2D eigenvalue weighted by molar-refractivity contribution is 5.79. The van der Waals surface area contributed by atoms with Crippen molar-refractivity contribution >= 4 is 10.9 Å².